The number of fused-ring (bicyclic) bond motifs is 1. The number of rotatable bonds is 2. The number of nitrogens with zero attached hydrogens (tertiary/aromatic N) is 1. The van der Waals surface area contributed by atoms with Gasteiger partial charge in [-0.1, -0.05) is 0 Å². The summed E-state index contributed by atoms with van der Waals surface area (Å²) in [5, 5.41) is 2.66. The molecule has 0 unspecified atom stereocenters. The molecule has 3 aromatic rings. The third kappa shape index (κ3) is 2.70. The molecular formula is C20H24GeN+. The van der Waals surface area contributed by atoms with E-state index in [-0.39, 0.29) is 0 Å². The summed E-state index contributed by atoms with van der Waals surface area (Å²) < 4.78 is 3.81. The van der Waals surface area contributed by atoms with Gasteiger partial charge in [-0.15, -0.1) is 0 Å². The molecule has 0 aliphatic carbocycles. The van der Waals surface area contributed by atoms with Gasteiger partial charge in [0.15, 0.2) is 0 Å². The Labute approximate surface area is 136 Å². The van der Waals surface area contributed by atoms with Crippen molar-refractivity contribution in [2.45, 2.75) is 24.2 Å². The molecule has 0 fully saturated rings. The zero-order valence-corrected chi connectivity index (χ0v) is 16.2. The molecule has 0 spiro atoms. The maximum atomic E-state index is 2.45. The Balaban J connectivity index is 2.34. The first-order chi connectivity index (χ1) is 10.4. The summed E-state index contributed by atoms with van der Waals surface area (Å²) in [6.07, 6.45) is 2.22. The van der Waals surface area contributed by atoms with E-state index >= 15 is 0 Å². The number of aryl methyl sites for hydroxylation is 2. The third-order valence-corrected chi connectivity index (χ3v) is 8.70. The molecule has 0 amide bonds. The van der Waals surface area contributed by atoms with Crippen LogP contribution < -0.4 is 8.96 Å². The Morgan fingerprint density at radius 2 is 1.64 bits per heavy atom. The molecule has 1 nitrogen and oxygen atoms in total. The van der Waals surface area contributed by atoms with E-state index in [1.54, 1.807) is 4.40 Å². The average molecular weight is 351 g/mol. The van der Waals surface area contributed by atoms with Crippen molar-refractivity contribution in [1.82, 2.24) is 0 Å². The van der Waals surface area contributed by atoms with Gasteiger partial charge in [-0.05, 0) is 0 Å². The van der Waals surface area contributed by atoms with Crippen molar-refractivity contribution >= 4 is 28.4 Å². The second-order valence-corrected chi connectivity index (χ2v) is 17.8. The van der Waals surface area contributed by atoms with E-state index in [2.05, 4.69) is 90.5 Å². The molecule has 0 aliphatic rings. The second-order valence-electron chi connectivity index (χ2n) is 7.14. The van der Waals surface area contributed by atoms with Gasteiger partial charge in [-0.25, -0.2) is 0 Å². The first kappa shape index (κ1) is 15.3. The molecule has 0 radical (unpaired) electrons. The Hall–Kier alpha value is -1.61. The van der Waals surface area contributed by atoms with E-state index in [4.69, 9.17) is 0 Å². The Kier molecular flexibility index (Phi) is 3.86. The Morgan fingerprint density at radius 1 is 0.909 bits per heavy atom. The molecule has 0 saturated heterocycles. The van der Waals surface area contributed by atoms with Crippen LogP contribution in [0.4, 0.5) is 0 Å². The molecule has 3 rings (SSSR count). The van der Waals surface area contributed by atoms with E-state index in [1.165, 1.54) is 27.6 Å². The van der Waals surface area contributed by atoms with Crippen LogP contribution in [0.1, 0.15) is 5.56 Å². The molecule has 2 heteroatoms. The standard InChI is InChI=1S/C20H24GeN/c1-15-10-11-16-8-6-7-9-18(16)20(15)19-14-17(21(2,3)4)12-13-22(19)5/h6-14H,1-5H3/q+1. The molecule has 0 saturated carbocycles. The van der Waals surface area contributed by atoms with Crippen molar-refractivity contribution in [3.05, 3.63) is 60.3 Å². The van der Waals surface area contributed by atoms with E-state index in [0.29, 0.717) is 0 Å². The Morgan fingerprint density at radius 3 is 2.36 bits per heavy atom. The molecule has 112 valence electrons. The number of pyridine rings is 1. The van der Waals surface area contributed by atoms with Crippen molar-refractivity contribution in [3.63, 3.8) is 0 Å². The van der Waals surface area contributed by atoms with Gasteiger partial charge in [0.05, 0.1) is 0 Å². The number of benzene rings is 2. The monoisotopic (exact) mass is 352 g/mol. The minimum absolute atomic E-state index is 1.31. The first-order valence-electron chi connectivity index (χ1n) is 7.87. The number of aromatic nitrogens is 1. The van der Waals surface area contributed by atoms with Crippen LogP contribution in [0.15, 0.2) is 54.7 Å². The summed E-state index contributed by atoms with van der Waals surface area (Å²) in [5.74, 6) is 7.36. The number of hydrogen-bond acceptors (Lipinski definition) is 0. The van der Waals surface area contributed by atoms with Crippen molar-refractivity contribution < 1.29 is 4.57 Å². The summed E-state index contributed by atoms with van der Waals surface area (Å²) in [6.45, 7) is 2.22. The Bertz CT molecular complexity index is 844. The van der Waals surface area contributed by atoms with Gasteiger partial charge >= 0.3 is 136 Å². The molecular weight excluding hydrogens is 327 g/mol. The van der Waals surface area contributed by atoms with E-state index in [1.807, 2.05) is 0 Å². The van der Waals surface area contributed by atoms with Crippen LogP contribution in [0, 0.1) is 6.92 Å². The topological polar surface area (TPSA) is 3.88 Å². The van der Waals surface area contributed by atoms with Crippen LogP contribution in [-0.2, 0) is 7.05 Å². The predicted octanol–water partition coefficient (Wildman–Crippen LogP) is 4.18. The third-order valence-electron chi connectivity index (χ3n) is 4.41. The zero-order valence-electron chi connectivity index (χ0n) is 14.1. The fraction of sp³-hybridized carbons (Fsp3) is 0.250. The van der Waals surface area contributed by atoms with Crippen molar-refractivity contribution in [3.8, 4) is 11.3 Å². The second kappa shape index (κ2) is 5.55. The molecule has 1 aromatic heterocycles. The molecule has 0 bridgehead atoms. The quantitative estimate of drug-likeness (QED) is 0.482. The van der Waals surface area contributed by atoms with Gasteiger partial charge in [0.2, 0.25) is 0 Å². The van der Waals surface area contributed by atoms with E-state index in [0.717, 1.165) is 0 Å². The van der Waals surface area contributed by atoms with Crippen molar-refractivity contribution in [2.75, 3.05) is 0 Å². The molecule has 22 heavy (non-hydrogen) atoms. The summed E-state index contributed by atoms with van der Waals surface area (Å²) in [6, 6.07) is 17.9. The van der Waals surface area contributed by atoms with Gasteiger partial charge in [-0.2, -0.15) is 0 Å². The zero-order chi connectivity index (χ0) is 15.9. The fourth-order valence-corrected chi connectivity index (χ4v) is 5.41. The van der Waals surface area contributed by atoms with Crippen LogP contribution in [0.2, 0.25) is 17.3 Å². The average Bonchev–Trinajstić information content (AvgIpc) is 2.47. The SMILES string of the molecule is Cc1ccc2ccccc2c1-c1c[c]([Ge]([CH3])([CH3])[CH3])cc[n+]1C. The van der Waals surface area contributed by atoms with E-state index in [9.17, 15) is 0 Å². The van der Waals surface area contributed by atoms with Gasteiger partial charge < -0.3 is 0 Å². The molecule has 0 N–H and O–H groups in total. The van der Waals surface area contributed by atoms with Gasteiger partial charge in [0.25, 0.3) is 0 Å². The van der Waals surface area contributed by atoms with Crippen LogP contribution >= 0.6 is 0 Å². The van der Waals surface area contributed by atoms with Gasteiger partial charge in [0.1, 0.15) is 0 Å². The number of hydrogen-bond donors (Lipinski definition) is 0. The normalized spacial score (nSPS) is 11.9. The van der Waals surface area contributed by atoms with Crippen LogP contribution in [0.25, 0.3) is 22.0 Å². The van der Waals surface area contributed by atoms with Gasteiger partial charge in [-0.3, -0.25) is 0 Å². The molecule has 0 aliphatic heterocycles. The minimum atomic E-state index is -1.83. The summed E-state index contributed by atoms with van der Waals surface area (Å²) in [7, 11) is 2.15. The summed E-state index contributed by atoms with van der Waals surface area (Å²) in [4.78, 5) is 0. The van der Waals surface area contributed by atoms with Crippen LogP contribution in [-0.4, -0.2) is 13.3 Å². The molecule has 1 heterocycles. The van der Waals surface area contributed by atoms with Crippen LogP contribution in [0.5, 0.6) is 0 Å². The van der Waals surface area contributed by atoms with Crippen molar-refractivity contribution in [2.24, 2.45) is 7.05 Å². The molecule has 0 atom stereocenters. The fourth-order valence-electron chi connectivity index (χ4n) is 3.01. The summed E-state index contributed by atoms with van der Waals surface area (Å²) >= 11 is -1.83. The van der Waals surface area contributed by atoms with Gasteiger partial charge in [0, 0.05) is 0 Å². The predicted molar refractivity (Wildman–Crippen MR) is 98.3 cm³/mol. The van der Waals surface area contributed by atoms with Crippen molar-refractivity contribution in [1.29, 1.82) is 0 Å². The molecule has 2 aromatic carbocycles. The first-order valence-corrected chi connectivity index (χ1v) is 15.2. The summed E-state index contributed by atoms with van der Waals surface area (Å²) in [5.41, 5.74) is 4.04. The van der Waals surface area contributed by atoms with E-state index < -0.39 is 13.3 Å². The maximum absolute atomic E-state index is 2.45. The van der Waals surface area contributed by atoms with Crippen LogP contribution in [0.3, 0.4) is 0 Å².